The molecule has 0 N–H and O–H groups in total. The third-order valence-electron chi connectivity index (χ3n) is 19.9. The zero-order valence-electron chi connectivity index (χ0n) is 51.9. The van der Waals surface area contributed by atoms with Gasteiger partial charge in [-0.1, -0.05) is 297 Å². The lowest BCUT2D eigenvalue weighted by Gasteiger charge is -2.46. The lowest BCUT2D eigenvalue weighted by atomic mass is 9.33. The molecule has 0 radical (unpaired) electrons. The summed E-state index contributed by atoms with van der Waals surface area (Å²) in [6.07, 6.45) is 0. The molecule has 2 aromatic heterocycles. The van der Waals surface area contributed by atoms with Gasteiger partial charge in [-0.3, -0.25) is 0 Å². The van der Waals surface area contributed by atoms with Crippen molar-refractivity contribution >= 4 is 101 Å². The van der Waals surface area contributed by atoms with E-state index in [1.807, 2.05) is 0 Å². The van der Waals surface area contributed by atoms with Gasteiger partial charge in [0.25, 0.3) is 6.71 Å². The summed E-state index contributed by atoms with van der Waals surface area (Å²) >= 11 is 0. The van der Waals surface area contributed by atoms with E-state index in [1.54, 1.807) is 0 Å². The van der Waals surface area contributed by atoms with Crippen LogP contribution < -0.4 is 26.2 Å². The van der Waals surface area contributed by atoms with Gasteiger partial charge in [-0.25, -0.2) is 0 Å². The zero-order valence-corrected chi connectivity index (χ0v) is 51.9. The second-order valence-electron chi connectivity index (χ2n) is 25.0. The van der Waals surface area contributed by atoms with E-state index in [0.29, 0.717) is 0 Å². The van der Waals surface area contributed by atoms with Gasteiger partial charge in [0.2, 0.25) is 0 Å². The van der Waals surface area contributed by atoms with Crippen molar-refractivity contribution in [2.24, 2.45) is 0 Å². The molecular formula is C90H59BN4. The standard InChI is InChI=1S/C90H59BN4/c1-7-28-60(29-8-1)66-40-25-41-68(56-66)93-81-51-24-21-44-76(81)86-82(93)55-54-78-90(86)95(89-72(64-36-15-5-16-37-64)47-27-48-73(89)65-38-17-6-18-39-65)85-58-67(61-30-9-2-10-31-61)57-84-87(85)91(78)77-53-52-69(92-79-49-22-19-42-74(79)75-43-20-23-50-80(75)92)59-83(77)94(84)88-70(62-32-11-3-12-33-62)45-26-46-71(88)63-34-13-4-14-35-63/h1-59H. The Balaban J connectivity index is 1.01. The topological polar surface area (TPSA) is 16.3 Å². The lowest BCUT2D eigenvalue weighted by molar-refractivity contribution is 1.17. The molecular weight excluding hydrogens is 1150 g/mol. The van der Waals surface area contributed by atoms with Crippen LogP contribution >= 0.6 is 0 Å². The summed E-state index contributed by atoms with van der Waals surface area (Å²) in [5, 5.41) is 4.82. The molecule has 17 aromatic rings. The van der Waals surface area contributed by atoms with Crippen molar-refractivity contribution in [2.75, 3.05) is 9.80 Å². The van der Waals surface area contributed by atoms with Crippen LogP contribution in [0.2, 0.25) is 0 Å². The predicted molar refractivity (Wildman–Crippen MR) is 402 cm³/mol. The van der Waals surface area contributed by atoms with E-state index >= 15 is 0 Å². The molecule has 0 amide bonds. The smallest absolute Gasteiger partial charge is 0.252 e. The average Bonchev–Trinajstić information content (AvgIpc) is 1.53. The first kappa shape index (κ1) is 54.3. The Hall–Kier alpha value is -12.4. The maximum atomic E-state index is 2.72. The van der Waals surface area contributed by atoms with Crippen LogP contribution in [-0.4, -0.2) is 15.8 Å². The maximum absolute atomic E-state index is 2.72. The van der Waals surface area contributed by atoms with Crippen LogP contribution in [0, 0.1) is 0 Å². The Morgan fingerprint density at radius 1 is 0.211 bits per heavy atom. The minimum absolute atomic E-state index is 0.254. The fourth-order valence-electron chi connectivity index (χ4n) is 15.8. The van der Waals surface area contributed by atoms with Crippen LogP contribution in [0.5, 0.6) is 0 Å². The summed E-state index contributed by atoms with van der Waals surface area (Å²) in [5.74, 6) is 0. The molecule has 0 spiro atoms. The Kier molecular flexibility index (Phi) is 12.7. The highest BCUT2D eigenvalue weighted by molar-refractivity contribution is 7.00. The Labute approximate surface area is 552 Å². The van der Waals surface area contributed by atoms with Crippen LogP contribution in [0.1, 0.15) is 0 Å². The summed E-state index contributed by atoms with van der Waals surface area (Å²) in [4.78, 5) is 5.39. The van der Waals surface area contributed by atoms with E-state index in [4.69, 9.17) is 0 Å². The lowest BCUT2D eigenvalue weighted by Crippen LogP contribution is -2.61. The summed E-state index contributed by atoms with van der Waals surface area (Å²) in [6, 6.07) is 133. The summed E-state index contributed by atoms with van der Waals surface area (Å²) in [7, 11) is 0. The number of hydrogen-bond donors (Lipinski definition) is 0. The Morgan fingerprint density at radius 2 is 0.589 bits per heavy atom. The van der Waals surface area contributed by atoms with Crippen LogP contribution in [0.3, 0.4) is 0 Å². The van der Waals surface area contributed by atoms with E-state index in [-0.39, 0.29) is 6.71 Å². The van der Waals surface area contributed by atoms with Crippen molar-refractivity contribution in [1.82, 2.24) is 9.13 Å². The van der Waals surface area contributed by atoms with Crippen molar-refractivity contribution in [3.63, 3.8) is 0 Å². The normalized spacial score (nSPS) is 12.4. The molecule has 0 atom stereocenters. The molecule has 0 saturated carbocycles. The minimum Gasteiger partial charge on any atom is -0.310 e. The van der Waals surface area contributed by atoms with Crippen molar-refractivity contribution in [3.05, 3.63) is 358 Å². The van der Waals surface area contributed by atoms with Gasteiger partial charge < -0.3 is 18.9 Å². The Morgan fingerprint density at radius 3 is 1.11 bits per heavy atom. The zero-order chi connectivity index (χ0) is 62.5. The van der Waals surface area contributed by atoms with E-state index in [2.05, 4.69) is 377 Å². The van der Waals surface area contributed by atoms with E-state index < -0.39 is 0 Å². The van der Waals surface area contributed by atoms with Gasteiger partial charge in [0.15, 0.2) is 0 Å². The fourth-order valence-corrected chi connectivity index (χ4v) is 15.8. The molecule has 4 nitrogen and oxygen atoms in total. The van der Waals surface area contributed by atoms with Crippen LogP contribution in [-0.2, 0) is 0 Å². The van der Waals surface area contributed by atoms with E-state index in [0.717, 1.165) is 123 Å². The molecule has 0 aliphatic carbocycles. The predicted octanol–water partition coefficient (Wildman–Crippen LogP) is 22.0. The highest BCUT2D eigenvalue weighted by Gasteiger charge is 2.46. The molecule has 4 heterocycles. The molecule has 442 valence electrons. The monoisotopic (exact) mass is 1210 g/mol. The summed E-state index contributed by atoms with van der Waals surface area (Å²) in [5.41, 5.74) is 30.9. The number of anilines is 6. The molecule has 95 heavy (non-hydrogen) atoms. The summed E-state index contributed by atoms with van der Waals surface area (Å²) in [6.45, 7) is -0.254. The largest absolute Gasteiger partial charge is 0.310 e. The first-order valence-electron chi connectivity index (χ1n) is 32.9. The average molecular weight is 1210 g/mol. The van der Waals surface area contributed by atoms with Gasteiger partial charge in [-0.15, -0.1) is 0 Å². The summed E-state index contributed by atoms with van der Waals surface area (Å²) < 4.78 is 5.00. The maximum Gasteiger partial charge on any atom is 0.252 e. The molecule has 2 aliphatic heterocycles. The van der Waals surface area contributed by atoms with Gasteiger partial charge in [0.05, 0.1) is 39.1 Å². The first-order valence-corrected chi connectivity index (χ1v) is 32.9. The molecule has 0 unspecified atom stereocenters. The molecule has 19 rings (SSSR count). The van der Waals surface area contributed by atoms with Crippen molar-refractivity contribution < 1.29 is 0 Å². The highest BCUT2D eigenvalue weighted by atomic mass is 15.2. The number of para-hydroxylation sites is 5. The highest BCUT2D eigenvalue weighted by Crippen LogP contribution is 2.56. The van der Waals surface area contributed by atoms with E-state index in [9.17, 15) is 0 Å². The molecule has 0 bridgehead atoms. The number of rotatable bonds is 10. The van der Waals surface area contributed by atoms with Crippen LogP contribution in [0.4, 0.5) is 34.1 Å². The quantitative estimate of drug-likeness (QED) is 0.127. The molecule has 0 saturated heterocycles. The van der Waals surface area contributed by atoms with E-state index in [1.165, 1.54) is 49.1 Å². The van der Waals surface area contributed by atoms with Gasteiger partial charge in [-0.2, -0.15) is 0 Å². The van der Waals surface area contributed by atoms with Crippen molar-refractivity contribution in [3.8, 4) is 78.1 Å². The van der Waals surface area contributed by atoms with Gasteiger partial charge in [0, 0.05) is 72.2 Å². The number of nitrogens with zero attached hydrogens (tertiary/aromatic N) is 4. The number of hydrogen-bond acceptors (Lipinski definition) is 2. The van der Waals surface area contributed by atoms with Crippen molar-refractivity contribution in [1.29, 1.82) is 0 Å². The SMILES string of the molecule is c1ccc(-c2cccc(-n3c4ccccc4c4c5c(ccc43)B3c4ccc(-n6c7ccccc7c7ccccc76)cc4N(c4c(-c6ccccc6)cccc4-c4ccccc4)c4cc(-c6ccccc6)cc(c43)N5c3c(-c4ccccc4)cccc3-c3ccccc3)c2)cc1. The third-order valence-corrected chi connectivity index (χ3v) is 19.9. The number of fused-ring (bicyclic) bond motifs is 11. The number of benzene rings is 15. The second-order valence-corrected chi connectivity index (χ2v) is 25.0. The molecule has 2 aliphatic rings. The van der Waals surface area contributed by atoms with Gasteiger partial charge in [-0.05, 0) is 122 Å². The van der Waals surface area contributed by atoms with Gasteiger partial charge in [0.1, 0.15) is 0 Å². The fraction of sp³-hybridized carbons (Fsp3) is 0. The number of aromatic nitrogens is 2. The minimum atomic E-state index is -0.254. The van der Waals surface area contributed by atoms with Gasteiger partial charge >= 0.3 is 0 Å². The first-order chi connectivity index (χ1) is 47.2. The molecule has 5 heteroatoms. The third kappa shape index (κ3) is 8.63. The second kappa shape index (κ2) is 22.2. The molecule has 0 fully saturated rings. The van der Waals surface area contributed by atoms with Crippen LogP contribution in [0.25, 0.3) is 122 Å². The molecule has 15 aromatic carbocycles. The van der Waals surface area contributed by atoms with Crippen LogP contribution in [0.15, 0.2) is 358 Å². The Bertz CT molecular complexity index is 5670. The van der Waals surface area contributed by atoms with Crippen molar-refractivity contribution in [2.45, 2.75) is 0 Å².